The highest BCUT2D eigenvalue weighted by Crippen LogP contribution is 2.23. The van der Waals surface area contributed by atoms with Crippen LogP contribution in [0.15, 0.2) is 30.3 Å². The normalized spacial score (nSPS) is 10.8. The standard InChI is InChI=1S/C15H18ClNO/c1-2-3-6-9-18-15-10-12(11-16)13-7-4-5-8-14(13)17-15/h4-5,7-8,10H,2-3,6,9,11H2,1H3. The summed E-state index contributed by atoms with van der Waals surface area (Å²) in [5.41, 5.74) is 2.02. The largest absolute Gasteiger partial charge is 0.478 e. The summed E-state index contributed by atoms with van der Waals surface area (Å²) >= 11 is 5.98. The number of rotatable bonds is 6. The first-order valence-electron chi connectivity index (χ1n) is 6.42. The van der Waals surface area contributed by atoms with Gasteiger partial charge in [0.15, 0.2) is 0 Å². The fourth-order valence-electron chi connectivity index (χ4n) is 1.93. The van der Waals surface area contributed by atoms with Crippen molar-refractivity contribution in [2.24, 2.45) is 0 Å². The van der Waals surface area contributed by atoms with E-state index in [1.165, 1.54) is 12.8 Å². The summed E-state index contributed by atoms with van der Waals surface area (Å²) in [6, 6.07) is 9.96. The molecule has 0 unspecified atom stereocenters. The Hall–Kier alpha value is -1.28. The van der Waals surface area contributed by atoms with Crippen molar-refractivity contribution in [1.29, 1.82) is 0 Å². The van der Waals surface area contributed by atoms with E-state index in [1.807, 2.05) is 30.3 Å². The maximum Gasteiger partial charge on any atom is 0.214 e. The molecule has 2 rings (SSSR count). The fraction of sp³-hybridized carbons (Fsp3) is 0.400. The predicted octanol–water partition coefficient (Wildman–Crippen LogP) is 4.54. The molecular weight excluding hydrogens is 246 g/mol. The second-order valence-corrected chi connectivity index (χ2v) is 4.59. The summed E-state index contributed by atoms with van der Waals surface area (Å²) in [5, 5.41) is 1.11. The fourth-order valence-corrected chi connectivity index (χ4v) is 2.15. The average molecular weight is 264 g/mol. The van der Waals surface area contributed by atoms with Gasteiger partial charge in [0.2, 0.25) is 5.88 Å². The minimum atomic E-state index is 0.481. The van der Waals surface area contributed by atoms with Crippen molar-refractivity contribution in [3.05, 3.63) is 35.9 Å². The molecule has 0 bridgehead atoms. The van der Waals surface area contributed by atoms with Gasteiger partial charge in [-0.05, 0) is 18.1 Å². The summed E-state index contributed by atoms with van der Waals surface area (Å²) in [6.45, 7) is 2.90. The van der Waals surface area contributed by atoms with Crippen molar-refractivity contribution in [1.82, 2.24) is 4.98 Å². The first-order valence-corrected chi connectivity index (χ1v) is 6.96. The van der Waals surface area contributed by atoms with E-state index in [0.29, 0.717) is 11.8 Å². The van der Waals surface area contributed by atoms with Crippen molar-refractivity contribution < 1.29 is 4.74 Å². The van der Waals surface area contributed by atoms with Crippen LogP contribution in [0.4, 0.5) is 0 Å². The van der Waals surface area contributed by atoms with Gasteiger partial charge in [-0.2, -0.15) is 0 Å². The molecule has 3 heteroatoms. The number of hydrogen-bond donors (Lipinski definition) is 0. The molecule has 0 amide bonds. The summed E-state index contributed by atoms with van der Waals surface area (Å²) in [6.07, 6.45) is 3.46. The first kappa shape index (κ1) is 13.2. The van der Waals surface area contributed by atoms with Crippen molar-refractivity contribution in [2.75, 3.05) is 6.61 Å². The molecule has 0 aliphatic carbocycles. The van der Waals surface area contributed by atoms with E-state index < -0.39 is 0 Å². The number of benzene rings is 1. The molecule has 96 valence electrons. The van der Waals surface area contributed by atoms with Gasteiger partial charge in [-0.3, -0.25) is 0 Å². The lowest BCUT2D eigenvalue weighted by molar-refractivity contribution is 0.296. The third-order valence-corrected chi connectivity index (χ3v) is 3.21. The number of pyridine rings is 1. The molecule has 0 aliphatic heterocycles. The number of hydrogen-bond acceptors (Lipinski definition) is 2. The van der Waals surface area contributed by atoms with Crippen LogP contribution in [-0.4, -0.2) is 11.6 Å². The molecule has 0 saturated carbocycles. The smallest absolute Gasteiger partial charge is 0.214 e. The Labute approximate surface area is 113 Å². The second-order valence-electron chi connectivity index (χ2n) is 4.33. The van der Waals surface area contributed by atoms with Crippen molar-refractivity contribution in [3.63, 3.8) is 0 Å². The molecule has 0 radical (unpaired) electrons. The zero-order valence-electron chi connectivity index (χ0n) is 10.7. The molecule has 1 aromatic carbocycles. The van der Waals surface area contributed by atoms with Crippen molar-refractivity contribution in [2.45, 2.75) is 32.1 Å². The van der Waals surface area contributed by atoms with Crippen LogP contribution in [0.25, 0.3) is 10.9 Å². The van der Waals surface area contributed by atoms with E-state index >= 15 is 0 Å². The van der Waals surface area contributed by atoms with Gasteiger partial charge in [-0.25, -0.2) is 4.98 Å². The van der Waals surface area contributed by atoms with Crippen LogP contribution in [-0.2, 0) is 5.88 Å². The summed E-state index contributed by atoms with van der Waals surface area (Å²) < 4.78 is 5.69. The van der Waals surface area contributed by atoms with Crippen LogP contribution >= 0.6 is 11.6 Å². The molecule has 18 heavy (non-hydrogen) atoms. The third kappa shape index (κ3) is 3.14. The van der Waals surface area contributed by atoms with E-state index in [4.69, 9.17) is 16.3 Å². The molecule has 0 N–H and O–H groups in total. The highest BCUT2D eigenvalue weighted by Gasteiger charge is 2.05. The molecule has 1 aromatic heterocycles. The Balaban J connectivity index is 2.18. The number of alkyl halides is 1. The number of unbranched alkanes of at least 4 members (excludes halogenated alkanes) is 2. The lowest BCUT2D eigenvalue weighted by atomic mass is 10.1. The molecular formula is C15H18ClNO. The summed E-state index contributed by atoms with van der Waals surface area (Å²) in [5.74, 6) is 1.16. The maximum absolute atomic E-state index is 5.98. The van der Waals surface area contributed by atoms with Gasteiger partial charge in [0.05, 0.1) is 12.1 Å². The Bertz CT molecular complexity index is 513. The molecule has 0 saturated heterocycles. The van der Waals surface area contributed by atoms with E-state index in [1.54, 1.807) is 0 Å². The van der Waals surface area contributed by atoms with Gasteiger partial charge in [0.25, 0.3) is 0 Å². The van der Waals surface area contributed by atoms with Crippen LogP contribution in [0.5, 0.6) is 5.88 Å². The highest BCUT2D eigenvalue weighted by atomic mass is 35.5. The molecule has 1 heterocycles. The van der Waals surface area contributed by atoms with E-state index in [9.17, 15) is 0 Å². The zero-order chi connectivity index (χ0) is 12.8. The molecule has 0 atom stereocenters. The van der Waals surface area contributed by atoms with E-state index in [2.05, 4.69) is 11.9 Å². The Morgan fingerprint density at radius 1 is 1.22 bits per heavy atom. The quantitative estimate of drug-likeness (QED) is 0.564. The third-order valence-electron chi connectivity index (χ3n) is 2.92. The lowest BCUT2D eigenvalue weighted by Gasteiger charge is -2.09. The lowest BCUT2D eigenvalue weighted by Crippen LogP contribution is -2.00. The summed E-state index contributed by atoms with van der Waals surface area (Å²) in [7, 11) is 0. The number of para-hydroxylation sites is 1. The number of ether oxygens (including phenoxy) is 1. The van der Waals surface area contributed by atoms with Crippen molar-refractivity contribution >= 4 is 22.5 Å². The topological polar surface area (TPSA) is 22.1 Å². The number of fused-ring (bicyclic) bond motifs is 1. The molecule has 0 fully saturated rings. The Morgan fingerprint density at radius 3 is 2.83 bits per heavy atom. The van der Waals surface area contributed by atoms with Gasteiger partial charge in [-0.1, -0.05) is 38.0 Å². The van der Waals surface area contributed by atoms with Crippen LogP contribution in [0.2, 0.25) is 0 Å². The van der Waals surface area contributed by atoms with E-state index in [-0.39, 0.29) is 0 Å². The Kier molecular flexibility index (Phi) is 4.82. The van der Waals surface area contributed by atoms with Crippen molar-refractivity contribution in [3.8, 4) is 5.88 Å². The van der Waals surface area contributed by atoms with Crippen LogP contribution in [0.1, 0.15) is 31.7 Å². The molecule has 0 spiro atoms. The highest BCUT2D eigenvalue weighted by molar-refractivity contribution is 6.18. The van der Waals surface area contributed by atoms with Crippen LogP contribution < -0.4 is 4.74 Å². The number of aromatic nitrogens is 1. The summed E-state index contributed by atoms with van der Waals surface area (Å²) in [4.78, 5) is 4.50. The van der Waals surface area contributed by atoms with Gasteiger partial charge in [-0.15, -0.1) is 11.6 Å². The van der Waals surface area contributed by atoms with Gasteiger partial charge >= 0.3 is 0 Å². The van der Waals surface area contributed by atoms with Gasteiger partial charge in [0, 0.05) is 17.3 Å². The number of nitrogens with zero attached hydrogens (tertiary/aromatic N) is 1. The average Bonchev–Trinajstić information content (AvgIpc) is 2.42. The monoisotopic (exact) mass is 263 g/mol. The molecule has 0 aliphatic rings. The van der Waals surface area contributed by atoms with E-state index in [0.717, 1.165) is 29.5 Å². The number of halogens is 1. The van der Waals surface area contributed by atoms with Crippen LogP contribution in [0.3, 0.4) is 0 Å². The Morgan fingerprint density at radius 2 is 2.06 bits per heavy atom. The molecule has 2 aromatic rings. The SMILES string of the molecule is CCCCCOc1cc(CCl)c2ccccc2n1. The van der Waals surface area contributed by atoms with Gasteiger partial charge in [0.1, 0.15) is 0 Å². The maximum atomic E-state index is 5.98. The van der Waals surface area contributed by atoms with Crippen LogP contribution in [0, 0.1) is 0 Å². The first-order chi connectivity index (χ1) is 8.85. The predicted molar refractivity (Wildman–Crippen MR) is 76.3 cm³/mol. The molecule has 2 nitrogen and oxygen atoms in total. The minimum Gasteiger partial charge on any atom is -0.478 e. The second kappa shape index (κ2) is 6.60. The van der Waals surface area contributed by atoms with Gasteiger partial charge < -0.3 is 4.74 Å². The zero-order valence-corrected chi connectivity index (χ0v) is 11.4. The minimum absolute atomic E-state index is 0.481.